The Labute approximate surface area is 167 Å². The zero-order valence-corrected chi connectivity index (χ0v) is 16.1. The number of aromatic nitrogens is 2. The molecule has 1 fully saturated rings. The van der Waals surface area contributed by atoms with Gasteiger partial charge in [-0.05, 0) is 49.6 Å². The summed E-state index contributed by atoms with van der Waals surface area (Å²) in [4.78, 5) is 32.4. The third-order valence-electron chi connectivity index (χ3n) is 5.46. The predicted molar refractivity (Wildman–Crippen MR) is 109 cm³/mol. The molecule has 142 valence electrons. The number of hydrogen-bond donors (Lipinski definition) is 1. The van der Waals surface area contributed by atoms with Crippen molar-refractivity contribution in [1.29, 1.82) is 0 Å². The molecule has 2 amide bonds. The summed E-state index contributed by atoms with van der Waals surface area (Å²) in [6.07, 6.45) is 2.02. The number of nitrogens with zero attached hydrogens (tertiary/aromatic N) is 3. The molecule has 3 aromatic rings. The van der Waals surface area contributed by atoms with Crippen LogP contribution in [0.4, 0.5) is 11.6 Å². The highest BCUT2D eigenvalue weighted by Crippen LogP contribution is 2.42. The van der Waals surface area contributed by atoms with Crippen LogP contribution < -0.4 is 10.2 Å². The van der Waals surface area contributed by atoms with Gasteiger partial charge in [-0.2, -0.15) is 0 Å². The number of amides is 2. The largest absolute Gasteiger partial charge is 0.326 e. The van der Waals surface area contributed by atoms with E-state index in [4.69, 9.17) is 11.6 Å². The van der Waals surface area contributed by atoms with E-state index in [9.17, 15) is 9.59 Å². The van der Waals surface area contributed by atoms with Crippen LogP contribution in [0.2, 0.25) is 5.02 Å². The van der Waals surface area contributed by atoms with Crippen LogP contribution in [-0.4, -0.2) is 27.4 Å². The van der Waals surface area contributed by atoms with Crippen molar-refractivity contribution in [3.05, 3.63) is 53.1 Å². The second-order valence-electron chi connectivity index (χ2n) is 7.39. The second-order valence-corrected chi connectivity index (χ2v) is 7.80. The van der Waals surface area contributed by atoms with E-state index in [1.807, 2.05) is 41.8 Å². The molecule has 1 N–H and O–H groups in total. The van der Waals surface area contributed by atoms with Crippen LogP contribution in [0.25, 0.3) is 11.0 Å². The van der Waals surface area contributed by atoms with E-state index in [1.165, 1.54) is 0 Å². The molecule has 2 aromatic carbocycles. The van der Waals surface area contributed by atoms with Gasteiger partial charge in [0.1, 0.15) is 6.04 Å². The van der Waals surface area contributed by atoms with E-state index in [2.05, 4.69) is 10.3 Å². The van der Waals surface area contributed by atoms with Crippen LogP contribution in [0.5, 0.6) is 0 Å². The van der Waals surface area contributed by atoms with E-state index in [0.717, 1.165) is 29.4 Å². The molecule has 1 aliphatic carbocycles. The van der Waals surface area contributed by atoms with Gasteiger partial charge in [0.25, 0.3) is 5.91 Å². The molecule has 6 nitrogen and oxygen atoms in total. The quantitative estimate of drug-likeness (QED) is 0.725. The molecular weight excluding hydrogens is 376 g/mol. The van der Waals surface area contributed by atoms with Crippen molar-refractivity contribution in [3.8, 4) is 0 Å². The van der Waals surface area contributed by atoms with E-state index >= 15 is 0 Å². The van der Waals surface area contributed by atoms with Crippen LogP contribution in [0.3, 0.4) is 0 Å². The third-order valence-corrected chi connectivity index (χ3v) is 5.87. The van der Waals surface area contributed by atoms with Crippen LogP contribution in [0, 0.1) is 6.92 Å². The Morgan fingerprint density at radius 3 is 2.79 bits per heavy atom. The molecule has 28 heavy (non-hydrogen) atoms. The molecule has 1 aromatic heterocycles. The number of imidazole rings is 1. The minimum absolute atomic E-state index is 0.0475. The van der Waals surface area contributed by atoms with Gasteiger partial charge in [0.2, 0.25) is 11.9 Å². The van der Waals surface area contributed by atoms with Gasteiger partial charge < -0.3 is 5.32 Å². The predicted octanol–water partition coefficient (Wildman–Crippen LogP) is 4.08. The van der Waals surface area contributed by atoms with Crippen LogP contribution in [-0.2, 0) is 9.59 Å². The lowest BCUT2D eigenvalue weighted by atomic mass is 10.1. The maximum atomic E-state index is 13.1. The van der Waals surface area contributed by atoms with Gasteiger partial charge in [-0.1, -0.05) is 29.8 Å². The number of rotatable bonds is 4. The lowest BCUT2D eigenvalue weighted by molar-refractivity contribution is -0.124. The summed E-state index contributed by atoms with van der Waals surface area (Å²) < 4.78 is 1.92. The second kappa shape index (κ2) is 6.34. The zero-order chi connectivity index (χ0) is 19.4. The van der Waals surface area contributed by atoms with Crippen molar-refractivity contribution in [3.63, 3.8) is 0 Å². The van der Waals surface area contributed by atoms with E-state index < -0.39 is 6.04 Å². The molecular formula is C21H19ClN4O2. The molecule has 1 aliphatic heterocycles. The summed E-state index contributed by atoms with van der Waals surface area (Å²) >= 11 is 6.14. The van der Waals surface area contributed by atoms with Crippen LogP contribution >= 0.6 is 11.6 Å². The summed E-state index contributed by atoms with van der Waals surface area (Å²) in [5, 5.41) is 3.50. The molecule has 0 saturated heterocycles. The number of carbonyl (C=O) groups is 2. The fourth-order valence-corrected chi connectivity index (χ4v) is 4.03. The van der Waals surface area contributed by atoms with Gasteiger partial charge in [-0.15, -0.1) is 0 Å². The monoisotopic (exact) mass is 394 g/mol. The van der Waals surface area contributed by atoms with Crippen molar-refractivity contribution >= 4 is 46.1 Å². The van der Waals surface area contributed by atoms with E-state index in [-0.39, 0.29) is 24.3 Å². The first kappa shape index (κ1) is 17.3. The van der Waals surface area contributed by atoms with Gasteiger partial charge in [0, 0.05) is 16.8 Å². The average molecular weight is 395 g/mol. The summed E-state index contributed by atoms with van der Waals surface area (Å²) in [7, 11) is 0. The number of carbonyl (C=O) groups excluding carboxylic acids is 2. The fraction of sp³-hybridized carbons (Fsp3) is 0.286. The minimum atomic E-state index is -0.581. The highest BCUT2D eigenvalue weighted by Gasteiger charge is 2.47. The Morgan fingerprint density at radius 1 is 1.21 bits per heavy atom. The normalized spacial score (nSPS) is 18.6. The average Bonchev–Trinajstić information content (AvgIpc) is 3.38. The van der Waals surface area contributed by atoms with Gasteiger partial charge in [-0.25, -0.2) is 4.98 Å². The van der Waals surface area contributed by atoms with Gasteiger partial charge in [0.05, 0.1) is 17.5 Å². The number of halogens is 1. The number of hydrogen-bond acceptors (Lipinski definition) is 3. The Morgan fingerprint density at radius 2 is 2.00 bits per heavy atom. The van der Waals surface area contributed by atoms with Gasteiger partial charge in [-0.3, -0.25) is 19.1 Å². The van der Waals surface area contributed by atoms with Crippen molar-refractivity contribution in [2.24, 2.45) is 0 Å². The Kier molecular flexibility index (Phi) is 3.91. The zero-order valence-electron chi connectivity index (χ0n) is 15.4. The molecule has 7 heteroatoms. The summed E-state index contributed by atoms with van der Waals surface area (Å²) in [5.74, 6) is 0.393. The summed E-state index contributed by atoms with van der Waals surface area (Å²) in [5.41, 5.74) is 3.19. The topological polar surface area (TPSA) is 67.2 Å². The van der Waals surface area contributed by atoms with Crippen molar-refractivity contribution < 1.29 is 9.59 Å². The summed E-state index contributed by atoms with van der Waals surface area (Å²) in [6, 6.07) is 12.7. The molecule has 1 atom stereocenters. The first-order valence-electron chi connectivity index (χ1n) is 9.39. The Bertz CT molecular complexity index is 1120. The van der Waals surface area contributed by atoms with Crippen molar-refractivity contribution in [2.75, 3.05) is 10.2 Å². The molecule has 2 heterocycles. The van der Waals surface area contributed by atoms with E-state index in [0.29, 0.717) is 16.7 Å². The molecule has 1 saturated carbocycles. The number of fused-ring (bicyclic) bond motifs is 3. The first-order valence-corrected chi connectivity index (χ1v) is 9.77. The van der Waals surface area contributed by atoms with Crippen LogP contribution in [0.15, 0.2) is 42.5 Å². The third kappa shape index (κ3) is 2.67. The SMILES string of the molecule is Cc1c(Cl)cccc1NC(=O)C[C@H]1C(=O)N(C2CC2)c2nc3ccccc3n21. The van der Waals surface area contributed by atoms with Gasteiger partial charge in [0.15, 0.2) is 0 Å². The smallest absolute Gasteiger partial charge is 0.253 e. The maximum absolute atomic E-state index is 13.1. The number of anilines is 2. The molecule has 0 radical (unpaired) electrons. The van der Waals surface area contributed by atoms with Crippen molar-refractivity contribution in [1.82, 2.24) is 9.55 Å². The maximum Gasteiger partial charge on any atom is 0.253 e. The Balaban J connectivity index is 1.47. The van der Waals surface area contributed by atoms with Crippen molar-refractivity contribution in [2.45, 2.75) is 38.3 Å². The molecule has 0 bridgehead atoms. The molecule has 0 unspecified atom stereocenters. The number of nitrogens with one attached hydrogen (secondary N) is 1. The van der Waals surface area contributed by atoms with Gasteiger partial charge >= 0.3 is 0 Å². The Hall–Kier alpha value is -2.86. The minimum Gasteiger partial charge on any atom is -0.326 e. The lowest BCUT2D eigenvalue weighted by Crippen LogP contribution is -2.33. The molecule has 2 aliphatic rings. The fourth-order valence-electron chi connectivity index (χ4n) is 3.85. The molecule has 5 rings (SSSR count). The number of benzene rings is 2. The lowest BCUT2D eigenvalue weighted by Gasteiger charge is -2.15. The highest BCUT2D eigenvalue weighted by atomic mass is 35.5. The summed E-state index contributed by atoms with van der Waals surface area (Å²) in [6.45, 7) is 1.86. The molecule has 0 spiro atoms. The first-order chi connectivity index (χ1) is 13.5. The van der Waals surface area contributed by atoms with E-state index in [1.54, 1.807) is 17.0 Å². The standard InChI is InChI=1S/C21H19ClN4O2/c1-12-14(22)5-4-7-15(12)23-19(27)11-18-20(28)25(13-9-10-13)21-24-16-6-2-3-8-17(16)26(18)21/h2-8,13,18H,9-11H2,1H3,(H,23,27)/t18-/m0/s1. The van der Waals surface area contributed by atoms with Crippen LogP contribution in [0.1, 0.15) is 30.9 Å². The highest BCUT2D eigenvalue weighted by molar-refractivity contribution is 6.31. The number of para-hydroxylation sites is 2.